The second kappa shape index (κ2) is 4.93. The number of Topliss-reactive ketones (excluding diaryl/α,β-unsaturated/α-hetero) is 1. The summed E-state index contributed by atoms with van der Waals surface area (Å²) in [6, 6.07) is 15.0. The number of hydrogen-bond acceptors (Lipinski definition) is 1. The Bertz CT molecular complexity index is 571. The van der Waals surface area contributed by atoms with Gasteiger partial charge in [-0.25, -0.2) is 0 Å². The van der Waals surface area contributed by atoms with Crippen molar-refractivity contribution in [2.24, 2.45) is 5.92 Å². The van der Waals surface area contributed by atoms with Crippen molar-refractivity contribution in [1.29, 1.82) is 0 Å². The summed E-state index contributed by atoms with van der Waals surface area (Å²) in [4.78, 5) is 11.9. The first kappa shape index (κ1) is 11.5. The van der Waals surface area contributed by atoms with E-state index in [1.165, 1.54) is 22.8 Å². The molecular weight excluding hydrogens is 220 g/mol. The molecule has 2 aromatic carbocycles. The fraction of sp³-hybridized carbons (Fsp3) is 0.353. The van der Waals surface area contributed by atoms with Crippen molar-refractivity contribution in [3.8, 4) is 0 Å². The van der Waals surface area contributed by atoms with E-state index < -0.39 is 0 Å². The molecule has 1 heteroatoms. The molecule has 0 radical (unpaired) electrons. The highest BCUT2D eigenvalue weighted by atomic mass is 16.1. The van der Waals surface area contributed by atoms with E-state index in [1.54, 1.807) is 0 Å². The van der Waals surface area contributed by atoms with Gasteiger partial charge in [0.15, 0.2) is 0 Å². The molecule has 0 bridgehead atoms. The van der Waals surface area contributed by atoms with Gasteiger partial charge >= 0.3 is 0 Å². The number of carbonyl (C=O) groups excluding carboxylic acids is 1. The normalized spacial score (nSPS) is 20.2. The van der Waals surface area contributed by atoms with E-state index in [4.69, 9.17) is 0 Å². The third-order valence-corrected chi connectivity index (χ3v) is 3.98. The molecule has 0 aliphatic heterocycles. The van der Waals surface area contributed by atoms with Crippen molar-refractivity contribution in [1.82, 2.24) is 0 Å². The van der Waals surface area contributed by atoms with Crippen molar-refractivity contribution in [3.63, 3.8) is 0 Å². The Morgan fingerprint density at radius 1 is 1.00 bits per heavy atom. The van der Waals surface area contributed by atoms with Crippen LogP contribution in [0.2, 0.25) is 0 Å². The van der Waals surface area contributed by atoms with E-state index >= 15 is 0 Å². The first-order valence-electron chi connectivity index (χ1n) is 6.83. The number of benzene rings is 2. The van der Waals surface area contributed by atoms with Gasteiger partial charge in [-0.15, -0.1) is 0 Å². The van der Waals surface area contributed by atoms with Gasteiger partial charge in [0.1, 0.15) is 5.78 Å². The van der Waals surface area contributed by atoms with Gasteiger partial charge in [0, 0.05) is 12.3 Å². The quantitative estimate of drug-likeness (QED) is 0.768. The Kier molecular flexibility index (Phi) is 3.14. The van der Waals surface area contributed by atoms with Crippen molar-refractivity contribution in [2.75, 3.05) is 0 Å². The molecule has 0 saturated heterocycles. The maximum atomic E-state index is 11.9. The molecule has 3 rings (SSSR count). The van der Waals surface area contributed by atoms with Crippen LogP contribution in [0.5, 0.6) is 0 Å². The highest BCUT2D eigenvalue weighted by Crippen LogP contribution is 2.25. The molecular formula is C17H18O. The number of carbonyl (C=O) groups is 1. The van der Waals surface area contributed by atoms with Gasteiger partial charge < -0.3 is 0 Å². The molecule has 1 fully saturated rings. The van der Waals surface area contributed by atoms with E-state index in [1.807, 2.05) is 0 Å². The van der Waals surface area contributed by atoms with E-state index in [0.717, 1.165) is 25.7 Å². The zero-order chi connectivity index (χ0) is 12.4. The zero-order valence-corrected chi connectivity index (χ0v) is 10.6. The molecule has 1 aliphatic carbocycles. The van der Waals surface area contributed by atoms with Crippen LogP contribution in [-0.4, -0.2) is 5.78 Å². The zero-order valence-electron chi connectivity index (χ0n) is 10.6. The maximum absolute atomic E-state index is 11.9. The predicted molar refractivity (Wildman–Crippen MR) is 74.6 cm³/mol. The lowest BCUT2D eigenvalue weighted by molar-refractivity contribution is -0.124. The second-order valence-corrected chi connectivity index (χ2v) is 5.29. The summed E-state index contributed by atoms with van der Waals surface area (Å²) in [6.45, 7) is 0. The SMILES string of the molecule is O=C1CCCC[C@@H]1Cc1ccc2ccccc2c1. The molecule has 1 nitrogen and oxygen atoms in total. The highest BCUT2D eigenvalue weighted by molar-refractivity contribution is 5.84. The molecule has 1 atom stereocenters. The number of fused-ring (bicyclic) bond motifs is 1. The van der Waals surface area contributed by atoms with Gasteiger partial charge in [-0.3, -0.25) is 4.79 Å². The average molecular weight is 238 g/mol. The van der Waals surface area contributed by atoms with Crippen LogP contribution in [-0.2, 0) is 11.2 Å². The standard InChI is InChI=1S/C17H18O/c18-17-8-4-3-7-16(17)12-13-9-10-14-5-1-2-6-15(14)11-13/h1-2,5-6,9-11,16H,3-4,7-8,12H2/t16-/m1/s1. The predicted octanol–water partition coefficient (Wildman–Crippen LogP) is 4.14. The Labute approximate surface area is 108 Å². The Balaban J connectivity index is 1.83. The summed E-state index contributed by atoms with van der Waals surface area (Å²) in [7, 11) is 0. The molecule has 0 spiro atoms. The van der Waals surface area contributed by atoms with Gasteiger partial charge in [-0.2, -0.15) is 0 Å². The van der Waals surface area contributed by atoms with Crippen LogP contribution in [0.15, 0.2) is 42.5 Å². The summed E-state index contributed by atoms with van der Waals surface area (Å²) in [5.41, 5.74) is 1.30. The van der Waals surface area contributed by atoms with Crippen molar-refractivity contribution in [3.05, 3.63) is 48.0 Å². The Morgan fingerprint density at radius 2 is 1.83 bits per heavy atom. The van der Waals surface area contributed by atoms with Crippen LogP contribution < -0.4 is 0 Å². The van der Waals surface area contributed by atoms with Crippen molar-refractivity contribution in [2.45, 2.75) is 32.1 Å². The number of hydrogen-bond donors (Lipinski definition) is 0. The Hall–Kier alpha value is -1.63. The van der Waals surface area contributed by atoms with E-state index in [-0.39, 0.29) is 5.92 Å². The van der Waals surface area contributed by atoms with Crippen LogP contribution in [0.3, 0.4) is 0 Å². The van der Waals surface area contributed by atoms with Gasteiger partial charge in [0.25, 0.3) is 0 Å². The first-order chi connectivity index (χ1) is 8.83. The van der Waals surface area contributed by atoms with Crippen LogP contribution >= 0.6 is 0 Å². The monoisotopic (exact) mass is 238 g/mol. The lowest BCUT2D eigenvalue weighted by Crippen LogP contribution is -2.20. The van der Waals surface area contributed by atoms with Crippen LogP contribution in [0.25, 0.3) is 10.8 Å². The van der Waals surface area contributed by atoms with Gasteiger partial charge in [-0.05, 0) is 35.6 Å². The summed E-state index contributed by atoms with van der Waals surface area (Å²) >= 11 is 0. The Morgan fingerprint density at radius 3 is 2.67 bits per heavy atom. The van der Waals surface area contributed by atoms with E-state index in [0.29, 0.717) is 5.78 Å². The number of ketones is 1. The van der Waals surface area contributed by atoms with Crippen molar-refractivity contribution < 1.29 is 4.79 Å². The number of rotatable bonds is 2. The largest absolute Gasteiger partial charge is 0.299 e. The molecule has 1 aliphatic rings. The van der Waals surface area contributed by atoms with Crippen LogP contribution in [0.1, 0.15) is 31.2 Å². The molecule has 18 heavy (non-hydrogen) atoms. The molecule has 0 heterocycles. The third kappa shape index (κ3) is 2.31. The molecule has 1 saturated carbocycles. The summed E-state index contributed by atoms with van der Waals surface area (Å²) in [5.74, 6) is 0.731. The van der Waals surface area contributed by atoms with Gasteiger partial charge in [0.05, 0.1) is 0 Å². The molecule has 0 unspecified atom stereocenters. The van der Waals surface area contributed by atoms with Crippen LogP contribution in [0, 0.1) is 5.92 Å². The van der Waals surface area contributed by atoms with Gasteiger partial charge in [0.2, 0.25) is 0 Å². The van der Waals surface area contributed by atoms with Crippen molar-refractivity contribution >= 4 is 16.6 Å². The summed E-state index contributed by atoms with van der Waals surface area (Å²) < 4.78 is 0. The first-order valence-corrected chi connectivity index (χ1v) is 6.83. The lowest BCUT2D eigenvalue weighted by Gasteiger charge is -2.20. The highest BCUT2D eigenvalue weighted by Gasteiger charge is 2.22. The summed E-state index contributed by atoms with van der Waals surface area (Å²) in [6.07, 6.45) is 5.09. The lowest BCUT2D eigenvalue weighted by atomic mass is 9.83. The van der Waals surface area contributed by atoms with Gasteiger partial charge in [-0.1, -0.05) is 48.9 Å². The third-order valence-electron chi connectivity index (χ3n) is 3.98. The molecule has 0 N–H and O–H groups in total. The molecule has 0 amide bonds. The fourth-order valence-electron chi connectivity index (χ4n) is 2.92. The average Bonchev–Trinajstić information content (AvgIpc) is 2.41. The fourth-order valence-corrected chi connectivity index (χ4v) is 2.92. The molecule has 92 valence electrons. The molecule has 0 aromatic heterocycles. The minimum atomic E-state index is 0.264. The topological polar surface area (TPSA) is 17.1 Å². The van der Waals surface area contributed by atoms with Crippen LogP contribution in [0.4, 0.5) is 0 Å². The van der Waals surface area contributed by atoms with E-state index in [2.05, 4.69) is 42.5 Å². The smallest absolute Gasteiger partial charge is 0.136 e. The van der Waals surface area contributed by atoms with E-state index in [9.17, 15) is 4.79 Å². The maximum Gasteiger partial charge on any atom is 0.136 e. The minimum absolute atomic E-state index is 0.264. The minimum Gasteiger partial charge on any atom is -0.299 e. The molecule has 2 aromatic rings. The second-order valence-electron chi connectivity index (χ2n) is 5.29. The summed E-state index contributed by atoms with van der Waals surface area (Å²) in [5, 5.41) is 2.55.